The van der Waals surface area contributed by atoms with Crippen molar-refractivity contribution in [3.8, 4) is 0 Å². The van der Waals surface area contributed by atoms with Crippen LogP contribution in [0.15, 0.2) is 12.1 Å². The average Bonchev–Trinajstić information content (AvgIpc) is 2.34. The van der Waals surface area contributed by atoms with Crippen molar-refractivity contribution in [1.29, 1.82) is 0 Å². The molecule has 1 aliphatic rings. The molecule has 0 amide bonds. The van der Waals surface area contributed by atoms with Crippen LogP contribution in [0.4, 0.5) is 0 Å². The highest BCUT2D eigenvalue weighted by Gasteiger charge is 2.25. The van der Waals surface area contributed by atoms with Crippen LogP contribution in [0.2, 0.25) is 0 Å². The van der Waals surface area contributed by atoms with Gasteiger partial charge in [-0.15, -0.1) is 0 Å². The van der Waals surface area contributed by atoms with Crippen LogP contribution in [0.3, 0.4) is 0 Å². The number of hydrogen-bond acceptors (Lipinski definition) is 1. The van der Waals surface area contributed by atoms with E-state index in [9.17, 15) is 0 Å². The van der Waals surface area contributed by atoms with E-state index in [1.54, 1.807) is 0 Å². The molecule has 18 heavy (non-hydrogen) atoms. The summed E-state index contributed by atoms with van der Waals surface area (Å²) in [4.78, 5) is 0. The molecule has 0 radical (unpaired) electrons. The Morgan fingerprint density at radius 2 is 1.50 bits per heavy atom. The largest absolute Gasteiger partial charge is 0.324 e. The SMILES string of the molecule is Cc1cc(C)c(C(N)C2CCC(C)CC2)cc1C. The highest BCUT2D eigenvalue weighted by atomic mass is 14.7. The highest BCUT2D eigenvalue weighted by Crippen LogP contribution is 2.36. The Kier molecular flexibility index (Phi) is 4.11. The van der Waals surface area contributed by atoms with Gasteiger partial charge in [-0.2, -0.15) is 0 Å². The summed E-state index contributed by atoms with van der Waals surface area (Å²) in [6.07, 6.45) is 5.30. The molecule has 1 aromatic carbocycles. The first-order valence-electron chi connectivity index (χ1n) is 7.32. The van der Waals surface area contributed by atoms with Crippen molar-refractivity contribution in [2.45, 2.75) is 59.4 Å². The minimum Gasteiger partial charge on any atom is -0.324 e. The number of benzene rings is 1. The molecule has 0 spiro atoms. The van der Waals surface area contributed by atoms with E-state index in [2.05, 4.69) is 39.8 Å². The maximum atomic E-state index is 6.53. The third-order valence-corrected chi connectivity index (χ3v) is 4.81. The molecule has 0 heterocycles. The Hall–Kier alpha value is -0.820. The molecule has 0 aliphatic heterocycles. The first kappa shape index (κ1) is 13.6. The molecule has 2 N–H and O–H groups in total. The molecule has 1 fully saturated rings. The van der Waals surface area contributed by atoms with Crippen LogP contribution in [0.25, 0.3) is 0 Å². The third kappa shape index (κ3) is 2.77. The van der Waals surface area contributed by atoms with Crippen molar-refractivity contribution < 1.29 is 0 Å². The fraction of sp³-hybridized carbons (Fsp3) is 0.647. The molecule has 1 saturated carbocycles. The zero-order chi connectivity index (χ0) is 13.3. The van der Waals surface area contributed by atoms with Crippen molar-refractivity contribution in [3.05, 3.63) is 34.4 Å². The van der Waals surface area contributed by atoms with Gasteiger partial charge in [0.15, 0.2) is 0 Å². The van der Waals surface area contributed by atoms with E-state index >= 15 is 0 Å². The van der Waals surface area contributed by atoms with E-state index in [1.807, 2.05) is 0 Å². The second kappa shape index (κ2) is 5.44. The molecule has 0 aromatic heterocycles. The van der Waals surface area contributed by atoms with Gasteiger partial charge in [-0.25, -0.2) is 0 Å². The molecule has 1 aliphatic carbocycles. The minimum absolute atomic E-state index is 0.233. The lowest BCUT2D eigenvalue weighted by atomic mass is 9.76. The molecule has 1 atom stereocenters. The first-order chi connectivity index (χ1) is 8.49. The molecule has 2 rings (SSSR count). The molecule has 1 heteroatoms. The Labute approximate surface area is 112 Å². The summed E-state index contributed by atoms with van der Waals surface area (Å²) < 4.78 is 0. The van der Waals surface area contributed by atoms with Gasteiger partial charge in [0.05, 0.1) is 0 Å². The van der Waals surface area contributed by atoms with E-state index in [4.69, 9.17) is 5.73 Å². The van der Waals surface area contributed by atoms with Crippen molar-refractivity contribution in [2.75, 3.05) is 0 Å². The fourth-order valence-corrected chi connectivity index (χ4v) is 3.24. The summed E-state index contributed by atoms with van der Waals surface area (Å²) in [7, 11) is 0. The number of rotatable bonds is 2. The maximum Gasteiger partial charge on any atom is 0.0326 e. The van der Waals surface area contributed by atoms with E-state index in [-0.39, 0.29) is 6.04 Å². The smallest absolute Gasteiger partial charge is 0.0326 e. The van der Waals surface area contributed by atoms with Crippen LogP contribution >= 0.6 is 0 Å². The van der Waals surface area contributed by atoms with Gasteiger partial charge in [0, 0.05) is 6.04 Å². The lowest BCUT2D eigenvalue weighted by Gasteiger charge is -2.31. The summed E-state index contributed by atoms with van der Waals surface area (Å²) >= 11 is 0. The second-order valence-corrected chi connectivity index (χ2v) is 6.34. The van der Waals surface area contributed by atoms with Gasteiger partial charge in [0.25, 0.3) is 0 Å². The van der Waals surface area contributed by atoms with Gasteiger partial charge in [0.1, 0.15) is 0 Å². The molecular formula is C17H27N. The monoisotopic (exact) mass is 245 g/mol. The van der Waals surface area contributed by atoms with Gasteiger partial charge in [-0.05, 0) is 67.7 Å². The van der Waals surface area contributed by atoms with Gasteiger partial charge in [-0.3, -0.25) is 0 Å². The van der Waals surface area contributed by atoms with E-state index < -0.39 is 0 Å². The normalized spacial score (nSPS) is 26.1. The molecule has 1 nitrogen and oxygen atoms in total. The molecule has 0 saturated heterocycles. The summed E-state index contributed by atoms with van der Waals surface area (Å²) in [6.45, 7) is 8.93. The second-order valence-electron chi connectivity index (χ2n) is 6.34. The summed E-state index contributed by atoms with van der Waals surface area (Å²) in [5.41, 5.74) is 12.0. The Morgan fingerprint density at radius 3 is 2.11 bits per heavy atom. The average molecular weight is 245 g/mol. The van der Waals surface area contributed by atoms with Crippen LogP contribution in [0, 0.1) is 32.6 Å². The zero-order valence-electron chi connectivity index (χ0n) is 12.3. The molecule has 1 unspecified atom stereocenters. The molecule has 100 valence electrons. The third-order valence-electron chi connectivity index (χ3n) is 4.81. The molecule has 0 bridgehead atoms. The predicted molar refractivity (Wildman–Crippen MR) is 78.7 cm³/mol. The maximum absolute atomic E-state index is 6.53. The van der Waals surface area contributed by atoms with Crippen molar-refractivity contribution in [3.63, 3.8) is 0 Å². The summed E-state index contributed by atoms with van der Waals surface area (Å²) in [5.74, 6) is 1.58. The van der Waals surface area contributed by atoms with E-state index in [1.165, 1.54) is 47.9 Å². The number of hydrogen-bond donors (Lipinski definition) is 1. The number of nitrogens with two attached hydrogens (primary N) is 1. The van der Waals surface area contributed by atoms with Gasteiger partial charge in [0.2, 0.25) is 0 Å². The number of aryl methyl sites for hydroxylation is 3. The standard InChI is InChI=1S/C17H27N/c1-11-5-7-15(8-6-11)17(18)16-10-13(3)12(2)9-14(16)4/h9-11,15,17H,5-8,18H2,1-4H3. The Balaban J connectivity index is 2.18. The minimum atomic E-state index is 0.233. The zero-order valence-corrected chi connectivity index (χ0v) is 12.3. The Morgan fingerprint density at radius 1 is 0.944 bits per heavy atom. The van der Waals surface area contributed by atoms with Crippen molar-refractivity contribution >= 4 is 0 Å². The lowest BCUT2D eigenvalue weighted by molar-refractivity contribution is 0.255. The topological polar surface area (TPSA) is 26.0 Å². The van der Waals surface area contributed by atoms with Crippen LogP contribution in [-0.2, 0) is 0 Å². The van der Waals surface area contributed by atoms with E-state index in [0.29, 0.717) is 5.92 Å². The highest BCUT2D eigenvalue weighted by molar-refractivity contribution is 5.38. The van der Waals surface area contributed by atoms with Gasteiger partial charge < -0.3 is 5.73 Å². The van der Waals surface area contributed by atoms with Crippen LogP contribution < -0.4 is 5.73 Å². The first-order valence-corrected chi connectivity index (χ1v) is 7.32. The van der Waals surface area contributed by atoms with Gasteiger partial charge >= 0.3 is 0 Å². The quantitative estimate of drug-likeness (QED) is 0.819. The molecular weight excluding hydrogens is 218 g/mol. The van der Waals surface area contributed by atoms with Crippen molar-refractivity contribution in [2.24, 2.45) is 17.6 Å². The molecule has 1 aromatic rings. The van der Waals surface area contributed by atoms with Crippen LogP contribution in [0.5, 0.6) is 0 Å². The predicted octanol–water partition coefficient (Wildman–Crippen LogP) is 4.44. The summed E-state index contributed by atoms with van der Waals surface area (Å²) in [6, 6.07) is 4.83. The van der Waals surface area contributed by atoms with Crippen molar-refractivity contribution in [1.82, 2.24) is 0 Å². The van der Waals surface area contributed by atoms with Crippen LogP contribution in [0.1, 0.15) is 60.9 Å². The van der Waals surface area contributed by atoms with Gasteiger partial charge in [-0.1, -0.05) is 31.9 Å². The van der Waals surface area contributed by atoms with E-state index in [0.717, 1.165) is 5.92 Å². The Bertz CT molecular complexity index is 414. The van der Waals surface area contributed by atoms with Crippen LogP contribution in [-0.4, -0.2) is 0 Å². The fourth-order valence-electron chi connectivity index (χ4n) is 3.24. The lowest BCUT2D eigenvalue weighted by Crippen LogP contribution is -2.26. The summed E-state index contributed by atoms with van der Waals surface area (Å²) in [5, 5.41) is 0.